The SMILES string of the molecule is CN1CCN(C(=O)c2[nH]c3ccccc3c2Sc2ccc(Cl)cc2)CC1. The lowest BCUT2D eigenvalue weighted by atomic mass is 10.2. The number of hydrogen-bond acceptors (Lipinski definition) is 3. The summed E-state index contributed by atoms with van der Waals surface area (Å²) in [5.41, 5.74) is 1.66. The molecule has 0 atom stereocenters. The Bertz CT molecular complexity index is 930. The van der Waals surface area contributed by atoms with Crippen LogP contribution in [-0.4, -0.2) is 53.9 Å². The lowest BCUT2D eigenvalue weighted by molar-refractivity contribution is 0.0655. The number of halogens is 1. The second-order valence-electron chi connectivity index (χ2n) is 6.53. The molecule has 0 radical (unpaired) electrons. The number of para-hydroxylation sites is 1. The average molecular weight is 386 g/mol. The van der Waals surface area contributed by atoms with Gasteiger partial charge in [-0.2, -0.15) is 0 Å². The summed E-state index contributed by atoms with van der Waals surface area (Å²) >= 11 is 7.61. The van der Waals surface area contributed by atoms with Crippen LogP contribution in [-0.2, 0) is 0 Å². The van der Waals surface area contributed by atoms with Crippen molar-refractivity contribution in [3.05, 3.63) is 59.2 Å². The number of piperazine rings is 1. The van der Waals surface area contributed by atoms with Gasteiger partial charge in [0.1, 0.15) is 5.69 Å². The summed E-state index contributed by atoms with van der Waals surface area (Å²) in [6.45, 7) is 3.34. The number of benzene rings is 2. The lowest BCUT2D eigenvalue weighted by Gasteiger charge is -2.32. The Labute approximate surface area is 162 Å². The minimum atomic E-state index is 0.0748. The van der Waals surface area contributed by atoms with Crippen molar-refractivity contribution in [3.63, 3.8) is 0 Å². The number of likely N-dealkylation sites (N-methyl/N-ethyl adjacent to an activating group) is 1. The zero-order valence-electron chi connectivity index (χ0n) is 14.5. The molecule has 4 rings (SSSR count). The number of fused-ring (bicyclic) bond motifs is 1. The first-order valence-electron chi connectivity index (χ1n) is 8.64. The molecular formula is C20H20ClN3OS. The van der Waals surface area contributed by atoms with Gasteiger partial charge in [-0.3, -0.25) is 4.79 Å². The van der Waals surface area contributed by atoms with Crippen LogP contribution >= 0.6 is 23.4 Å². The molecule has 0 saturated carbocycles. The van der Waals surface area contributed by atoms with Gasteiger partial charge in [-0.15, -0.1) is 0 Å². The molecule has 1 N–H and O–H groups in total. The standard InChI is InChI=1S/C20H20ClN3OS/c1-23-10-12-24(13-11-23)20(25)18-19(16-4-2-3-5-17(16)22-18)26-15-8-6-14(21)7-9-15/h2-9,22H,10-13H2,1H3. The van der Waals surface area contributed by atoms with Crippen molar-refractivity contribution >= 4 is 40.2 Å². The Morgan fingerprint density at radius 3 is 2.46 bits per heavy atom. The number of nitrogens with one attached hydrogen (secondary N) is 1. The third-order valence-electron chi connectivity index (χ3n) is 4.70. The second kappa shape index (κ2) is 7.35. The van der Waals surface area contributed by atoms with E-state index < -0.39 is 0 Å². The molecule has 0 bridgehead atoms. The van der Waals surface area contributed by atoms with E-state index in [-0.39, 0.29) is 5.91 Å². The van der Waals surface area contributed by atoms with Gasteiger partial charge in [0.25, 0.3) is 5.91 Å². The van der Waals surface area contributed by atoms with E-state index >= 15 is 0 Å². The van der Waals surface area contributed by atoms with Crippen LogP contribution in [0.15, 0.2) is 58.3 Å². The molecule has 4 nitrogen and oxygen atoms in total. The van der Waals surface area contributed by atoms with Gasteiger partial charge in [0.15, 0.2) is 0 Å². The predicted octanol–water partition coefficient (Wildman–Crippen LogP) is 4.36. The van der Waals surface area contributed by atoms with Crippen molar-refractivity contribution in [1.29, 1.82) is 0 Å². The molecule has 1 saturated heterocycles. The van der Waals surface area contributed by atoms with Gasteiger partial charge >= 0.3 is 0 Å². The third kappa shape index (κ3) is 3.47. The van der Waals surface area contributed by atoms with E-state index in [1.54, 1.807) is 11.8 Å². The van der Waals surface area contributed by atoms with E-state index in [0.29, 0.717) is 10.7 Å². The molecule has 2 aromatic carbocycles. The van der Waals surface area contributed by atoms with Gasteiger partial charge in [-0.05, 0) is 37.4 Å². The molecule has 134 valence electrons. The molecule has 2 heterocycles. The average Bonchev–Trinajstić information content (AvgIpc) is 3.02. The molecule has 1 amide bonds. The van der Waals surface area contributed by atoms with E-state index in [2.05, 4.69) is 23.0 Å². The number of hydrogen-bond donors (Lipinski definition) is 1. The smallest absolute Gasteiger partial charge is 0.271 e. The van der Waals surface area contributed by atoms with E-state index in [4.69, 9.17) is 11.6 Å². The molecule has 1 aliphatic heterocycles. The van der Waals surface area contributed by atoms with Gasteiger partial charge < -0.3 is 14.8 Å². The molecule has 3 aromatic rings. The maximum atomic E-state index is 13.2. The van der Waals surface area contributed by atoms with Gasteiger partial charge in [-0.25, -0.2) is 0 Å². The first-order chi connectivity index (χ1) is 12.6. The minimum absolute atomic E-state index is 0.0748. The zero-order chi connectivity index (χ0) is 18.1. The first kappa shape index (κ1) is 17.5. The van der Waals surface area contributed by atoms with E-state index in [1.165, 1.54) is 0 Å². The normalized spacial score (nSPS) is 15.5. The monoisotopic (exact) mass is 385 g/mol. The van der Waals surface area contributed by atoms with E-state index in [1.807, 2.05) is 47.4 Å². The summed E-state index contributed by atoms with van der Waals surface area (Å²) in [6, 6.07) is 15.8. The molecule has 0 spiro atoms. The summed E-state index contributed by atoms with van der Waals surface area (Å²) in [7, 11) is 2.09. The Morgan fingerprint density at radius 1 is 1.04 bits per heavy atom. The second-order valence-corrected chi connectivity index (χ2v) is 8.05. The van der Waals surface area contributed by atoms with Gasteiger partial charge in [-0.1, -0.05) is 41.6 Å². The highest BCUT2D eigenvalue weighted by atomic mass is 35.5. The number of nitrogens with zero attached hydrogens (tertiary/aromatic N) is 2. The van der Waals surface area contributed by atoms with Gasteiger partial charge in [0.05, 0.1) is 4.90 Å². The van der Waals surface area contributed by atoms with Crippen molar-refractivity contribution in [3.8, 4) is 0 Å². The van der Waals surface area contributed by atoms with Gasteiger partial charge in [0.2, 0.25) is 0 Å². The van der Waals surface area contributed by atoms with Crippen LogP contribution < -0.4 is 0 Å². The number of aromatic amines is 1. The Morgan fingerprint density at radius 2 is 1.73 bits per heavy atom. The predicted molar refractivity (Wildman–Crippen MR) is 107 cm³/mol. The lowest BCUT2D eigenvalue weighted by Crippen LogP contribution is -2.47. The highest BCUT2D eigenvalue weighted by Crippen LogP contribution is 2.37. The third-order valence-corrected chi connectivity index (χ3v) is 6.08. The molecule has 6 heteroatoms. The summed E-state index contributed by atoms with van der Waals surface area (Å²) in [6.07, 6.45) is 0. The minimum Gasteiger partial charge on any atom is -0.350 e. The number of carbonyl (C=O) groups excluding carboxylic acids is 1. The topological polar surface area (TPSA) is 39.3 Å². The number of rotatable bonds is 3. The fraction of sp³-hybridized carbons (Fsp3) is 0.250. The molecule has 1 aromatic heterocycles. The maximum Gasteiger partial charge on any atom is 0.271 e. The number of H-pyrrole nitrogens is 1. The summed E-state index contributed by atoms with van der Waals surface area (Å²) in [5.74, 6) is 0.0748. The fourth-order valence-corrected chi connectivity index (χ4v) is 4.32. The zero-order valence-corrected chi connectivity index (χ0v) is 16.1. The summed E-state index contributed by atoms with van der Waals surface area (Å²) in [4.78, 5) is 22.8. The highest BCUT2D eigenvalue weighted by molar-refractivity contribution is 7.99. The Kier molecular flexibility index (Phi) is 4.94. The van der Waals surface area contributed by atoms with Crippen LogP contribution in [0.3, 0.4) is 0 Å². The Hall–Kier alpha value is -1.95. The van der Waals surface area contributed by atoms with Crippen molar-refractivity contribution in [2.45, 2.75) is 9.79 Å². The molecule has 1 fully saturated rings. The Balaban J connectivity index is 1.71. The van der Waals surface area contributed by atoms with Gasteiger partial charge in [0, 0.05) is 47.0 Å². The highest BCUT2D eigenvalue weighted by Gasteiger charge is 2.25. The first-order valence-corrected chi connectivity index (χ1v) is 9.83. The fourth-order valence-electron chi connectivity index (χ4n) is 3.16. The number of aromatic nitrogens is 1. The van der Waals surface area contributed by atoms with E-state index in [0.717, 1.165) is 46.9 Å². The van der Waals surface area contributed by atoms with Crippen molar-refractivity contribution in [2.75, 3.05) is 33.2 Å². The van der Waals surface area contributed by atoms with E-state index in [9.17, 15) is 4.79 Å². The maximum absolute atomic E-state index is 13.2. The molecule has 1 aliphatic rings. The molecule has 26 heavy (non-hydrogen) atoms. The number of carbonyl (C=O) groups is 1. The van der Waals surface area contributed by atoms with Crippen LogP contribution in [0.25, 0.3) is 10.9 Å². The number of amides is 1. The summed E-state index contributed by atoms with van der Waals surface area (Å²) < 4.78 is 0. The quantitative estimate of drug-likeness (QED) is 0.728. The van der Waals surface area contributed by atoms with Crippen LogP contribution in [0.5, 0.6) is 0 Å². The van der Waals surface area contributed by atoms with Crippen LogP contribution in [0.4, 0.5) is 0 Å². The molecular weight excluding hydrogens is 366 g/mol. The van der Waals surface area contributed by atoms with Crippen molar-refractivity contribution in [1.82, 2.24) is 14.8 Å². The van der Waals surface area contributed by atoms with Crippen LogP contribution in [0.2, 0.25) is 5.02 Å². The molecule has 0 aliphatic carbocycles. The van der Waals surface area contributed by atoms with Crippen LogP contribution in [0, 0.1) is 0 Å². The summed E-state index contributed by atoms with van der Waals surface area (Å²) in [5, 5.41) is 1.78. The van der Waals surface area contributed by atoms with Crippen molar-refractivity contribution in [2.24, 2.45) is 0 Å². The van der Waals surface area contributed by atoms with Crippen LogP contribution in [0.1, 0.15) is 10.5 Å². The van der Waals surface area contributed by atoms with Crippen molar-refractivity contribution < 1.29 is 4.79 Å². The molecule has 0 unspecified atom stereocenters. The largest absolute Gasteiger partial charge is 0.350 e.